The van der Waals surface area contributed by atoms with E-state index < -0.39 is 0 Å². The van der Waals surface area contributed by atoms with E-state index in [1.807, 2.05) is 6.92 Å². The minimum atomic E-state index is -0.201. The maximum absolute atomic E-state index is 11.7. The summed E-state index contributed by atoms with van der Waals surface area (Å²) in [5.41, 5.74) is 1.75. The van der Waals surface area contributed by atoms with Crippen LogP contribution in [0.5, 0.6) is 0 Å². The molecule has 0 amide bonds. The van der Waals surface area contributed by atoms with Crippen molar-refractivity contribution in [1.29, 1.82) is 0 Å². The molecule has 2 fully saturated rings. The van der Waals surface area contributed by atoms with Gasteiger partial charge in [0.05, 0.1) is 0 Å². The van der Waals surface area contributed by atoms with Crippen molar-refractivity contribution in [3.8, 4) is 0 Å². The molecule has 0 spiro atoms. The van der Waals surface area contributed by atoms with Crippen LogP contribution in [0.1, 0.15) is 79.1 Å². The molecule has 4 aliphatic carbocycles. The second-order valence-corrected chi connectivity index (χ2v) is 9.82. The number of rotatable bonds is 3. The summed E-state index contributed by atoms with van der Waals surface area (Å²) in [5.74, 6) is 2.52. The average Bonchev–Trinajstić information content (AvgIpc) is 2.98. The summed E-state index contributed by atoms with van der Waals surface area (Å²) >= 11 is 0. The summed E-state index contributed by atoms with van der Waals surface area (Å²) in [6.45, 7) is 8.12. The summed E-state index contributed by atoms with van der Waals surface area (Å²) < 4.78 is 11.3. The molecule has 3 unspecified atom stereocenters. The van der Waals surface area contributed by atoms with Gasteiger partial charge in [0.1, 0.15) is 11.9 Å². The predicted octanol–water partition coefficient (Wildman–Crippen LogP) is 5.33. The highest BCUT2D eigenvalue weighted by Crippen LogP contribution is 2.65. The lowest BCUT2D eigenvalue weighted by molar-refractivity contribution is -0.151. The molecule has 154 valence electrons. The molecule has 0 N–H and O–H groups in total. The highest BCUT2D eigenvalue weighted by Gasteiger charge is 2.57. The van der Waals surface area contributed by atoms with Gasteiger partial charge in [-0.2, -0.15) is 0 Å². The lowest BCUT2D eigenvalue weighted by atomic mass is 9.48. The molecule has 0 aromatic rings. The standard InChI is InChI=1S/C24H34O4/c1-5-22(26)28-17-10-12-23(3)16(14-17)6-7-18-19-8-9-21(27-15(2)25)24(19,4)13-11-20(18)23/h6,9,17-20H,5,7-8,10-14H2,1-4H3/t17-,18?,19?,20?,23-,24-/m0/s1. The predicted molar refractivity (Wildman–Crippen MR) is 107 cm³/mol. The topological polar surface area (TPSA) is 52.6 Å². The minimum absolute atomic E-state index is 0.00238. The van der Waals surface area contributed by atoms with Gasteiger partial charge in [0.15, 0.2) is 0 Å². The van der Waals surface area contributed by atoms with E-state index in [1.54, 1.807) is 0 Å². The van der Waals surface area contributed by atoms with E-state index in [1.165, 1.54) is 18.9 Å². The summed E-state index contributed by atoms with van der Waals surface area (Å²) in [4.78, 5) is 23.3. The van der Waals surface area contributed by atoms with Crippen molar-refractivity contribution in [3.63, 3.8) is 0 Å². The third kappa shape index (κ3) is 3.04. The van der Waals surface area contributed by atoms with Gasteiger partial charge in [-0.25, -0.2) is 0 Å². The first kappa shape index (κ1) is 19.7. The lowest BCUT2D eigenvalue weighted by Crippen LogP contribution is -2.50. The Morgan fingerprint density at radius 3 is 2.54 bits per heavy atom. The van der Waals surface area contributed by atoms with E-state index >= 15 is 0 Å². The van der Waals surface area contributed by atoms with Crippen LogP contribution in [0.2, 0.25) is 0 Å². The average molecular weight is 387 g/mol. The zero-order valence-electron chi connectivity index (χ0n) is 17.8. The number of allylic oxidation sites excluding steroid dienone is 3. The number of fused-ring (bicyclic) bond motifs is 5. The van der Waals surface area contributed by atoms with Gasteiger partial charge in [-0.15, -0.1) is 0 Å². The number of ether oxygens (including phenoxy) is 2. The van der Waals surface area contributed by atoms with E-state index in [-0.39, 0.29) is 28.9 Å². The van der Waals surface area contributed by atoms with Crippen LogP contribution in [0.25, 0.3) is 0 Å². The first-order chi connectivity index (χ1) is 13.3. The highest BCUT2D eigenvalue weighted by molar-refractivity contribution is 5.69. The number of esters is 2. The zero-order valence-corrected chi connectivity index (χ0v) is 17.8. The van der Waals surface area contributed by atoms with Crippen LogP contribution in [-0.2, 0) is 19.1 Å². The number of carbonyl (C=O) groups excluding carboxylic acids is 2. The van der Waals surface area contributed by atoms with Crippen molar-refractivity contribution in [2.45, 2.75) is 85.2 Å². The van der Waals surface area contributed by atoms with Gasteiger partial charge >= 0.3 is 11.9 Å². The van der Waals surface area contributed by atoms with Gasteiger partial charge in [-0.3, -0.25) is 9.59 Å². The monoisotopic (exact) mass is 386 g/mol. The van der Waals surface area contributed by atoms with Crippen LogP contribution >= 0.6 is 0 Å². The molecule has 0 radical (unpaired) electrons. The van der Waals surface area contributed by atoms with Crippen LogP contribution < -0.4 is 0 Å². The Labute approximate surface area is 168 Å². The molecule has 4 rings (SSSR count). The Balaban J connectivity index is 1.53. The number of hydrogen-bond donors (Lipinski definition) is 0. The molecule has 4 nitrogen and oxygen atoms in total. The maximum Gasteiger partial charge on any atom is 0.307 e. The number of carbonyl (C=O) groups is 2. The van der Waals surface area contributed by atoms with Crippen LogP contribution in [0.3, 0.4) is 0 Å². The summed E-state index contributed by atoms with van der Waals surface area (Å²) in [6, 6.07) is 0. The Morgan fingerprint density at radius 1 is 1.07 bits per heavy atom. The molecule has 0 heterocycles. The first-order valence-corrected chi connectivity index (χ1v) is 11.1. The molecule has 28 heavy (non-hydrogen) atoms. The van der Waals surface area contributed by atoms with Crippen molar-refractivity contribution < 1.29 is 19.1 Å². The van der Waals surface area contributed by atoms with Crippen LogP contribution in [0, 0.1) is 28.6 Å². The smallest absolute Gasteiger partial charge is 0.307 e. The fraction of sp³-hybridized carbons (Fsp3) is 0.750. The van der Waals surface area contributed by atoms with Crippen molar-refractivity contribution in [1.82, 2.24) is 0 Å². The van der Waals surface area contributed by atoms with Gasteiger partial charge in [-0.05, 0) is 67.8 Å². The Morgan fingerprint density at radius 2 is 1.82 bits per heavy atom. The normalized spacial score (nSPS) is 41.7. The van der Waals surface area contributed by atoms with Crippen molar-refractivity contribution in [2.24, 2.45) is 28.6 Å². The van der Waals surface area contributed by atoms with E-state index in [4.69, 9.17) is 9.47 Å². The van der Waals surface area contributed by atoms with Gasteiger partial charge in [0.2, 0.25) is 0 Å². The fourth-order valence-corrected chi connectivity index (χ4v) is 6.84. The van der Waals surface area contributed by atoms with Gasteiger partial charge < -0.3 is 9.47 Å². The SMILES string of the molecule is CCC(=O)O[C@H]1CC[C@@]2(C)C(=CCC3C2CC[C@]2(C)C(OC(C)=O)=CCC32)C1. The molecule has 4 heteroatoms. The van der Waals surface area contributed by atoms with E-state index in [0.29, 0.717) is 24.2 Å². The van der Waals surface area contributed by atoms with Crippen LogP contribution in [0.15, 0.2) is 23.5 Å². The second-order valence-electron chi connectivity index (χ2n) is 9.82. The van der Waals surface area contributed by atoms with E-state index in [9.17, 15) is 9.59 Å². The molecule has 0 aliphatic heterocycles. The van der Waals surface area contributed by atoms with Crippen molar-refractivity contribution >= 4 is 11.9 Å². The van der Waals surface area contributed by atoms with Crippen LogP contribution in [-0.4, -0.2) is 18.0 Å². The molecule has 0 saturated heterocycles. The fourth-order valence-electron chi connectivity index (χ4n) is 6.84. The third-order valence-electron chi connectivity index (χ3n) is 8.41. The minimum Gasteiger partial charge on any atom is -0.462 e. The molecule has 2 saturated carbocycles. The molecular formula is C24H34O4. The Hall–Kier alpha value is -1.58. The van der Waals surface area contributed by atoms with E-state index in [0.717, 1.165) is 44.3 Å². The summed E-state index contributed by atoms with van der Waals surface area (Å²) in [6.07, 6.45) is 12.5. The largest absolute Gasteiger partial charge is 0.462 e. The number of hydrogen-bond acceptors (Lipinski definition) is 4. The van der Waals surface area contributed by atoms with Gasteiger partial charge in [0, 0.05) is 25.2 Å². The first-order valence-electron chi connectivity index (χ1n) is 11.1. The molecular weight excluding hydrogens is 352 g/mol. The van der Waals surface area contributed by atoms with Crippen LogP contribution in [0.4, 0.5) is 0 Å². The molecule has 0 aromatic carbocycles. The lowest BCUT2D eigenvalue weighted by Gasteiger charge is -2.57. The second kappa shape index (κ2) is 7.03. The third-order valence-corrected chi connectivity index (χ3v) is 8.41. The molecule has 0 bridgehead atoms. The van der Waals surface area contributed by atoms with Gasteiger partial charge in [-0.1, -0.05) is 32.4 Å². The van der Waals surface area contributed by atoms with E-state index in [2.05, 4.69) is 26.0 Å². The maximum atomic E-state index is 11.7. The van der Waals surface area contributed by atoms with Gasteiger partial charge in [0.25, 0.3) is 0 Å². The summed E-state index contributed by atoms with van der Waals surface area (Å²) in [5, 5.41) is 0. The Kier molecular flexibility index (Phi) is 4.96. The highest BCUT2D eigenvalue weighted by atomic mass is 16.5. The molecule has 4 aliphatic rings. The van der Waals surface area contributed by atoms with Crippen molar-refractivity contribution in [2.75, 3.05) is 0 Å². The zero-order chi connectivity index (χ0) is 20.1. The molecule has 0 aromatic heterocycles. The summed E-state index contributed by atoms with van der Waals surface area (Å²) in [7, 11) is 0. The Bertz CT molecular complexity index is 735. The van der Waals surface area contributed by atoms with Crippen molar-refractivity contribution in [3.05, 3.63) is 23.5 Å². The molecule has 6 atom stereocenters. The quantitative estimate of drug-likeness (QED) is 0.486.